The van der Waals surface area contributed by atoms with Crippen LogP contribution in [0.25, 0.3) is 0 Å². The molecule has 0 aromatic heterocycles. The van der Waals surface area contributed by atoms with E-state index < -0.39 is 0 Å². The van der Waals surface area contributed by atoms with Crippen molar-refractivity contribution < 1.29 is 4.79 Å². The fourth-order valence-corrected chi connectivity index (χ4v) is 3.01. The van der Waals surface area contributed by atoms with E-state index in [1.165, 1.54) is 0 Å². The fourth-order valence-electron chi connectivity index (χ4n) is 2.71. The van der Waals surface area contributed by atoms with Gasteiger partial charge in [0.15, 0.2) is 0 Å². The van der Waals surface area contributed by atoms with Gasteiger partial charge in [-0.2, -0.15) is 0 Å². The maximum atomic E-state index is 11.5. The van der Waals surface area contributed by atoms with E-state index in [2.05, 4.69) is 5.32 Å². The molecule has 0 bridgehead atoms. The van der Waals surface area contributed by atoms with Crippen LogP contribution < -0.4 is 5.32 Å². The highest BCUT2D eigenvalue weighted by molar-refractivity contribution is 6.42. The zero-order chi connectivity index (χ0) is 11.3. The minimum Gasteiger partial charge on any atom is -0.356 e. The lowest BCUT2D eigenvalue weighted by Gasteiger charge is -2.22. The summed E-state index contributed by atoms with van der Waals surface area (Å²) in [7, 11) is 0. The third kappa shape index (κ3) is 1.44. The Morgan fingerprint density at radius 1 is 1.31 bits per heavy atom. The molecule has 3 rings (SSSR count). The summed E-state index contributed by atoms with van der Waals surface area (Å²) in [5, 5.41) is 4.04. The molecule has 2 nitrogen and oxygen atoms in total. The lowest BCUT2D eigenvalue weighted by Crippen LogP contribution is -2.36. The van der Waals surface area contributed by atoms with Crippen molar-refractivity contribution >= 4 is 29.1 Å². The predicted octanol–water partition coefficient (Wildman–Crippen LogP) is 2.77. The number of amides is 1. The average Bonchev–Trinajstić information content (AvgIpc) is 2.96. The largest absolute Gasteiger partial charge is 0.356 e. The third-order valence-corrected chi connectivity index (χ3v) is 4.49. The number of carbonyl (C=O) groups excluding carboxylic acids is 1. The summed E-state index contributed by atoms with van der Waals surface area (Å²) in [6, 6.07) is 5.71. The van der Waals surface area contributed by atoms with Gasteiger partial charge < -0.3 is 5.32 Å². The van der Waals surface area contributed by atoms with Crippen LogP contribution in [0.5, 0.6) is 0 Å². The topological polar surface area (TPSA) is 29.1 Å². The van der Waals surface area contributed by atoms with Gasteiger partial charge in [-0.25, -0.2) is 0 Å². The summed E-state index contributed by atoms with van der Waals surface area (Å²) in [6.07, 6.45) is 1.65. The number of benzene rings is 1. The van der Waals surface area contributed by atoms with Gasteiger partial charge in [0, 0.05) is 18.4 Å². The Morgan fingerprint density at radius 3 is 2.88 bits per heavy atom. The van der Waals surface area contributed by atoms with Crippen molar-refractivity contribution in [2.24, 2.45) is 5.92 Å². The highest BCUT2D eigenvalue weighted by Gasteiger charge is 2.58. The molecule has 1 aliphatic heterocycles. The summed E-state index contributed by atoms with van der Waals surface area (Å²) < 4.78 is 0. The maximum absolute atomic E-state index is 11.5. The van der Waals surface area contributed by atoms with Gasteiger partial charge in [0.1, 0.15) is 0 Å². The van der Waals surface area contributed by atoms with Gasteiger partial charge in [-0.05, 0) is 30.0 Å². The zero-order valence-electron chi connectivity index (χ0n) is 8.59. The molecular weight excluding hydrogens is 245 g/mol. The predicted molar refractivity (Wildman–Crippen MR) is 63.9 cm³/mol. The first-order chi connectivity index (χ1) is 7.62. The van der Waals surface area contributed by atoms with E-state index >= 15 is 0 Å². The van der Waals surface area contributed by atoms with Gasteiger partial charge in [0.25, 0.3) is 0 Å². The number of halogens is 2. The molecular formula is C12H11Cl2NO. The molecule has 1 aromatic rings. The van der Waals surface area contributed by atoms with Crippen molar-refractivity contribution in [3.05, 3.63) is 33.8 Å². The minimum atomic E-state index is 0.0383. The Bertz CT molecular complexity index is 474. The first-order valence-corrected chi connectivity index (χ1v) is 6.10. The summed E-state index contributed by atoms with van der Waals surface area (Å²) >= 11 is 11.9. The van der Waals surface area contributed by atoms with Crippen LogP contribution in [0.2, 0.25) is 10.0 Å². The first kappa shape index (κ1) is 10.4. The minimum absolute atomic E-state index is 0.0383. The SMILES string of the molecule is O=C1CC2(c3ccc(Cl)c(Cl)c3)C[C@H]2CN1. The Hall–Kier alpha value is -0.730. The van der Waals surface area contributed by atoms with Gasteiger partial charge >= 0.3 is 0 Å². The van der Waals surface area contributed by atoms with Crippen molar-refractivity contribution in [3.63, 3.8) is 0 Å². The monoisotopic (exact) mass is 255 g/mol. The van der Waals surface area contributed by atoms with Gasteiger partial charge in [0.05, 0.1) is 10.0 Å². The Labute approximate surface area is 104 Å². The summed E-state index contributed by atoms with van der Waals surface area (Å²) in [6.45, 7) is 0.791. The van der Waals surface area contributed by atoms with Crippen molar-refractivity contribution in [2.75, 3.05) is 6.54 Å². The van der Waals surface area contributed by atoms with Crippen LogP contribution in [-0.2, 0) is 10.2 Å². The number of rotatable bonds is 1. The van der Waals surface area contributed by atoms with Crippen LogP contribution in [0.4, 0.5) is 0 Å². The summed E-state index contributed by atoms with van der Waals surface area (Å²) in [4.78, 5) is 11.5. The van der Waals surface area contributed by atoms with Gasteiger partial charge in [-0.3, -0.25) is 4.79 Å². The van der Waals surface area contributed by atoms with Crippen molar-refractivity contribution in [1.82, 2.24) is 5.32 Å². The molecule has 2 fully saturated rings. The van der Waals surface area contributed by atoms with Crippen molar-refractivity contribution in [1.29, 1.82) is 0 Å². The third-order valence-electron chi connectivity index (χ3n) is 3.75. The molecule has 4 heteroatoms. The van der Waals surface area contributed by atoms with Gasteiger partial charge in [0.2, 0.25) is 5.91 Å². The smallest absolute Gasteiger partial charge is 0.220 e. The normalized spacial score (nSPS) is 31.9. The number of hydrogen-bond donors (Lipinski definition) is 1. The molecule has 0 spiro atoms. The van der Waals surface area contributed by atoms with Crippen molar-refractivity contribution in [2.45, 2.75) is 18.3 Å². The molecule has 2 atom stereocenters. The quantitative estimate of drug-likeness (QED) is 0.822. The van der Waals surface area contributed by atoms with E-state index in [9.17, 15) is 4.79 Å². The van der Waals surface area contributed by atoms with Crippen molar-refractivity contribution in [3.8, 4) is 0 Å². The highest BCUT2D eigenvalue weighted by atomic mass is 35.5. The molecule has 1 amide bonds. The van der Waals surface area contributed by atoms with Crippen LogP contribution in [0.3, 0.4) is 0 Å². The molecule has 1 heterocycles. The van der Waals surface area contributed by atoms with E-state index in [-0.39, 0.29) is 11.3 Å². The zero-order valence-corrected chi connectivity index (χ0v) is 10.1. The summed E-state index contributed by atoms with van der Waals surface area (Å²) in [5.74, 6) is 0.710. The second-order valence-corrected chi connectivity index (χ2v) is 5.48. The second kappa shape index (κ2) is 3.38. The second-order valence-electron chi connectivity index (χ2n) is 4.67. The van der Waals surface area contributed by atoms with E-state index in [0.29, 0.717) is 22.4 Å². The Morgan fingerprint density at radius 2 is 2.12 bits per heavy atom. The molecule has 2 aliphatic rings. The molecule has 1 aromatic carbocycles. The van der Waals surface area contributed by atoms with Crippen LogP contribution >= 0.6 is 23.2 Å². The van der Waals surface area contributed by atoms with Gasteiger partial charge in [-0.15, -0.1) is 0 Å². The fraction of sp³-hybridized carbons (Fsp3) is 0.417. The Kier molecular flexibility index (Phi) is 2.20. The molecule has 1 N–H and O–H groups in total. The Balaban J connectivity index is 1.98. The molecule has 1 unspecified atom stereocenters. The van der Waals surface area contributed by atoms with E-state index in [1.807, 2.05) is 18.2 Å². The van der Waals surface area contributed by atoms with E-state index in [1.54, 1.807) is 0 Å². The number of fused-ring (bicyclic) bond motifs is 1. The molecule has 0 radical (unpaired) electrons. The standard InChI is InChI=1S/C12H11Cl2NO/c13-9-2-1-7(3-10(9)14)12-4-8(12)6-15-11(16)5-12/h1-3,8H,4-6H2,(H,15,16)/t8-,12?/m0/s1. The van der Waals surface area contributed by atoms with Crippen LogP contribution in [-0.4, -0.2) is 12.5 Å². The lowest BCUT2D eigenvalue weighted by molar-refractivity contribution is -0.122. The number of carbonyl (C=O) groups is 1. The van der Waals surface area contributed by atoms with Crippen LogP contribution in [0.15, 0.2) is 18.2 Å². The summed E-state index contributed by atoms with van der Waals surface area (Å²) in [5.41, 5.74) is 1.19. The molecule has 84 valence electrons. The maximum Gasteiger partial charge on any atom is 0.220 e. The number of hydrogen-bond acceptors (Lipinski definition) is 1. The number of nitrogens with one attached hydrogen (secondary N) is 1. The van der Waals surface area contributed by atoms with Crippen LogP contribution in [0, 0.1) is 5.92 Å². The average molecular weight is 256 g/mol. The van der Waals surface area contributed by atoms with E-state index in [4.69, 9.17) is 23.2 Å². The van der Waals surface area contributed by atoms with Crippen LogP contribution in [0.1, 0.15) is 18.4 Å². The number of piperidine rings is 1. The van der Waals surface area contributed by atoms with Gasteiger partial charge in [-0.1, -0.05) is 29.3 Å². The lowest BCUT2D eigenvalue weighted by atomic mass is 9.87. The molecule has 1 saturated carbocycles. The highest BCUT2D eigenvalue weighted by Crippen LogP contribution is 2.58. The molecule has 1 aliphatic carbocycles. The molecule has 1 saturated heterocycles. The molecule has 16 heavy (non-hydrogen) atoms. The first-order valence-electron chi connectivity index (χ1n) is 5.34. The van der Waals surface area contributed by atoms with E-state index in [0.717, 1.165) is 18.5 Å².